The van der Waals surface area contributed by atoms with E-state index in [4.69, 9.17) is 31.4 Å². The first-order valence-electron chi connectivity index (χ1n) is 19.5. The van der Waals surface area contributed by atoms with Gasteiger partial charge < -0.3 is 46.7 Å². The molecule has 8 bridgehead atoms. The topological polar surface area (TPSA) is 166 Å². The van der Waals surface area contributed by atoms with Crippen molar-refractivity contribution in [2.45, 2.75) is 87.9 Å². The lowest BCUT2D eigenvalue weighted by atomic mass is 9.46. The highest BCUT2D eigenvalue weighted by Gasteiger charge is 2.57. The molecular weight excluding hydrogens is 666 g/mol. The minimum atomic E-state index is -0.245. The van der Waals surface area contributed by atoms with Crippen LogP contribution in [0, 0.1) is 35.5 Å². The number of ether oxygens (including phenoxy) is 3. The van der Waals surface area contributed by atoms with E-state index in [9.17, 15) is 15.3 Å². The van der Waals surface area contributed by atoms with E-state index in [1.807, 2.05) is 6.07 Å². The SMILES string of the molecule is Nc1ccc(Oc2cc(C34CC5CC(CC(C5)C3)C4)c(Oc3ccc(N)c(O)c3)c(C34CC5CC(CC(C5)C3)C4)c2Oc2ccc(N)c(O)c2)cc1O. The van der Waals surface area contributed by atoms with Crippen molar-refractivity contribution < 1.29 is 29.5 Å². The van der Waals surface area contributed by atoms with Gasteiger partial charge in [0.25, 0.3) is 0 Å². The molecule has 0 amide bonds. The van der Waals surface area contributed by atoms with Gasteiger partial charge in [-0.15, -0.1) is 0 Å². The Morgan fingerprint density at radius 2 is 0.811 bits per heavy atom. The summed E-state index contributed by atoms with van der Waals surface area (Å²) in [5.41, 5.74) is 20.8. The Kier molecular flexibility index (Phi) is 7.28. The van der Waals surface area contributed by atoms with Gasteiger partial charge in [0.1, 0.15) is 40.2 Å². The first-order valence-corrected chi connectivity index (χ1v) is 19.5. The summed E-state index contributed by atoms with van der Waals surface area (Å²) in [6, 6.07) is 17.2. The zero-order chi connectivity index (χ0) is 36.2. The molecule has 9 nitrogen and oxygen atoms in total. The molecule has 0 unspecified atom stereocenters. The minimum Gasteiger partial charge on any atom is -0.506 e. The molecule has 0 heterocycles. The predicted molar refractivity (Wildman–Crippen MR) is 204 cm³/mol. The first kappa shape index (κ1) is 32.7. The lowest BCUT2D eigenvalue weighted by Crippen LogP contribution is -2.50. The smallest absolute Gasteiger partial charge is 0.177 e. The summed E-state index contributed by atoms with van der Waals surface area (Å²) in [4.78, 5) is 0. The van der Waals surface area contributed by atoms with E-state index in [1.165, 1.54) is 38.5 Å². The van der Waals surface area contributed by atoms with Crippen molar-refractivity contribution in [3.05, 3.63) is 71.8 Å². The standard InChI is InChI=1S/C44H49N3O6/c45-33-4-1-29(13-36(33)48)51-39-16-32(43-17-23-7-24(18-43)9-25(8-23)19-43)41(52-30-2-5-34(46)37(49)14-30)40(42(39)53-31-3-6-35(47)38(50)15-31)44-20-26-10-27(21-44)12-28(11-26)22-44/h1-6,13-16,23-28,48-50H,7-12,17-22,45-47H2. The first-order chi connectivity index (χ1) is 25.5. The maximum atomic E-state index is 10.8. The van der Waals surface area contributed by atoms with Gasteiger partial charge in [0, 0.05) is 34.7 Å². The molecule has 0 atom stereocenters. The number of phenolic OH excluding ortho intramolecular Hbond substituents is 3. The van der Waals surface area contributed by atoms with Crippen molar-refractivity contribution in [3.63, 3.8) is 0 Å². The van der Waals surface area contributed by atoms with Gasteiger partial charge in [-0.05, 0) is 160 Å². The number of aromatic hydroxyl groups is 3. The summed E-state index contributed by atoms with van der Waals surface area (Å²) in [7, 11) is 0. The molecule has 9 N–H and O–H groups in total. The van der Waals surface area contributed by atoms with Gasteiger partial charge in [-0.1, -0.05) is 0 Å². The van der Waals surface area contributed by atoms with Gasteiger partial charge in [-0.2, -0.15) is 0 Å². The Balaban J connectivity index is 1.26. The molecule has 0 radical (unpaired) electrons. The van der Waals surface area contributed by atoms with Crippen LogP contribution >= 0.6 is 0 Å². The Labute approximate surface area is 310 Å². The molecule has 8 fully saturated rings. The molecule has 0 saturated heterocycles. The van der Waals surface area contributed by atoms with Crippen LogP contribution in [0.3, 0.4) is 0 Å². The molecule has 0 aliphatic heterocycles. The third-order valence-corrected chi connectivity index (χ3v) is 14.0. The average molecular weight is 716 g/mol. The van der Waals surface area contributed by atoms with Crippen LogP contribution in [0.4, 0.5) is 17.1 Å². The van der Waals surface area contributed by atoms with E-state index in [0.29, 0.717) is 69.9 Å². The molecule has 8 saturated carbocycles. The van der Waals surface area contributed by atoms with Gasteiger partial charge in [0.2, 0.25) is 0 Å². The molecule has 12 rings (SSSR count). The van der Waals surface area contributed by atoms with Crippen LogP contribution in [0.25, 0.3) is 0 Å². The summed E-state index contributed by atoms with van der Waals surface area (Å²) in [5.74, 6) is 6.97. The van der Waals surface area contributed by atoms with Crippen LogP contribution in [-0.2, 0) is 10.8 Å². The fourth-order valence-corrected chi connectivity index (χ4v) is 12.8. The molecule has 4 aromatic rings. The highest BCUT2D eigenvalue weighted by molar-refractivity contribution is 5.68. The zero-order valence-corrected chi connectivity index (χ0v) is 30.0. The van der Waals surface area contributed by atoms with Crippen molar-refractivity contribution in [2.75, 3.05) is 17.2 Å². The second-order valence-electron chi connectivity index (χ2n) is 17.8. The third-order valence-electron chi connectivity index (χ3n) is 14.0. The van der Waals surface area contributed by atoms with Crippen LogP contribution in [0.15, 0.2) is 60.7 Å². The third kappa shape index (κ3) is 5.48. The zero-order valence-electron chi connectivity index (χ0n) is 30.0. The molecule has 8 aliphatic rings. The number of benzene rings is 4. The largest absolute Gasteiger partial charge is 0.506 e. The highest BCUT2D eigenvalue weighted by atomic mass is 16.5. The summed E-state index contributed by atoms with van der Waals surface area (Å²) in [6.45, 7) is 0. The van der Waals surface area contributed by atoms with Crippen LogP contribution in [0.1, 0.15) is 88.2 Å². The molecular formula is C44H49N3O6. The maximum Gasteiger partial charge on any atom is 0.177 e. The molecule has 8 aliphatic carbocycles. The van der Waals surface area contributed by atoms with Crippen molar-refractivity contribution >= 4 is 17.1 Å². The van der Waals surface area contributed by atoms with Crippen LogP contribution < -0.4 is 31.4 Å². The van der Waals surface area contributed by atoms with E-state index in [0.717, 1.165) is 55.4 Å². The summed E-state index contributed by atoms with van der Waals surface area (Å²) >= 11 is 0. The number of phenols is 3. The van der Waals surface area contributed by atoms with E-state index < -0.39 is 0 Å². The van der Waals surface area contributed by atoms with Gasteiger partial charge in [-0.25, -0.2) is 0 Å². The Bertz CT molecular complexity index is 2060. The second kappa shape index (κ2) is 11.8. The number of anilines is 3. The van der Waals surface area contributed by atoms with E-state index >= 15 is 0 Å². The maximum absolute atomic E-state index is 10.8. The van der Waals surface area contributed by atoms with Gasteiger partial charge in [0.15, 0.2) is 11.5 Å². The lowest BCUT2D eigenvalue weighted by molar-refractivity contribution is -0.0107. The van der Waals surface area contributed by atoms with Crippen molar-refractivity contribution in [2.24, 2.45) is 35.5 Å². The second-order valence-corrected chi connectivity index (χ2v) is 17.8. The van der Waals surface area contributed by atoms with E-state index in [-0.39, 0.29) is 39.5 Å². The van der Waals surface area contributed by atoms with Gasteiger partial charge in [0.05, 0.1) is 17.1 Å². The summed E-state index contributed by atoms with van der Waals surface area (Å²) < 4.78 is 21.1. The summed E-state index contributed by atoms with van der Waals surface area (Å²) in [6.07, 6.45) is 14.0. The molecule has 0 spiro atoms. The highest BCUT2D eigenvalue weighted by Crippen LogP contribution is 2.69. The normalized spacial score (nSPS) is 31.8. The number of rotatable bonds is 8. The molecule has 276 valence electrons. The monoisotopic (exact) mass is 715 g/mol. The average Bonchev–Trinajstić information content (AvgIpc) is 3.09. The number of nitrogen functional groups attached to an aromatic ring is 3. The quantitative estimate of drug-likeness (QED) is 0.0769. The van der Waals surface area contributed by atoms with Crippen LogP contribution in [0.5, 0.6) is 51.7 Å². The Morgan fingerprint density at radius 1 is 0.453 bits per heavy atom. The van der Waals surface area contributed by atoms with Crippen molar-refractivity contribution in [3.8, 4) is 51.7 Å². The number of nitrogens with two attached hydrogens (primary N) is 3. The number of hydrogen-bond acceptors (Lipinski definition) is 9. The van der Waals surface area contributed by atoms with Gasteiger partial charge >= 0.3 is 0 Å². The Hall–Kier alpha value is -4.92. The molecule has 4 aromatic carbocycles. The van der Waals surface area contributed by atoms with Crippen molar-refractivity contribution in [1.29, 1.82) is 0 Å². The van der Waals surface area contributed by atoms with Gasteiger partial charge in [-0.3, -0.25) is 0 Å². The predicted octanol–water partition coefficient (Wildman–Crippen LogP) is 9.86. The lowest BCUT2D eigenvalue weighted by Gasteiger charge is -2.59. The molecule has 53 heavy (non-hydrogen) atoms. The van der Waals surface area contributed by atoms with Crippen LogP contribution in [0.2, 0.25) is 0 Å². The minimum absolute atomic E-state index is 0.0212. The fraction of sp³-hybridized carbons (Fsp3) is 0.455. The van der Waals surface area contributed by atoms with Crippen LogP contribution in [-0.4, -0.2) is 15.3 Å². The fourth-order valence-electron chi connectivity index (χ4n) is 12.8. The number of hydrogen-bond donors (Lipinski definition) is 6. The van der Waals surface area contributed by atoms with E-state index in [1.54, 1.807) is 48.5 Å². The van der Waals surface area contributed by atoms with E-state index in [2.05, 4.69) is 6.07 Å². The van der Waals surface area contributed by atoms with Crippen molar-refractivity contribution in [1.82, 2.24) is 0 Å². The Morgan fingerprint density at radius 3 is 1.21 bits per heavy atom. The summed E-state index contributed by atoms with van der Waals surface area (Å²) in [5, 5.41) is 32.2. The molecule has 0 aromatic heterocycles. The molecule has 9 heteroatoms.